The minimum Gasteiger partial charge on any atom is -0.494 e. The van der Waals surface area contributed by atoms with Gasteiger partial charge in [0.1, 0.15) is 24.2 Å². The Bertz CT molecular complexity index is 985. The summed E-state index contributed by atoms with van der Waals surface area (Å²) in [6.07, 6.45) is 4.57. The van der Waals surface area contributed by atoms with Crippen LogP contribution in [0.2, 0.25) is 0 Å². The molecule has 10 nitrogen and oxygen atoms in total. The topological polar surface area (TPSA) is 120 Å². The maximum atomic E-state index is 11.9. The molecule has 2 N–H and O–H groups in total. The first-order chi connectivity index (χ1) is 14.6. The smallest absolute Gasteiger partial charge is 0.325 e. The molecule has 3 amide bonds. The number of hydrogen-bond acceptors (Lipinski definition) is 7. The van der Waals surface area contributed by atoms with Crippen molar-refractivity contribution in [1.82, 2.24) is 20.2 Å². The highest BCUT2D eigenvalue weighted by Gasteiger charge is 2.09. The van der Waals surface area contributed by atoms with Gasteiger partial charge >= 0.3 is 6.03 Å². The fourth-order valence-corrected chi connectivity index (χ4v) is 2.31. The van der Waals surface area contributed by atoms with E-state index in [2.05, 4.69) is 25.9 Å². The van der Waals surface area contributed by atoms with E-state index in [0.717, 1.165) is 5.56 Å². The summed E-state index contributed by atoms with van der Waals surface area (Å²) in [5, 5.41) is 16.2. The molecule has 3 aromatic rings. The summed E-state index contributed by atoms with van der Waals surface area (Å²) < 4.78 is 12.2. The molecule has 0 atom stereocenters. The predicted octanol–water partition coefficient (Wildman–Crippen LogP) is 2.29. The number of nitrogens with zero attached hydrogens (tertiary/aromatic N) is 4. The highest BCUT2D eigenvalue weighted by atomic mass is 16.5. The van der Waals surface area contributed by atoms with Crippen LogP contribution in [0.5, 0.6) is 11.5 Å². The van der Waals surface area contributed by atoms with Crippen molar-refractivity contribution >= 4 is 23.8 Å². The van der Waals surface area contributed by atoms with Crippen LogP contribution in [-0.4, -0.2) is 46.2 Å². The molecule has 0 saturated carbocycles. The highest BCUT2D eigenvalue weighted by Crippen LogP contribution is 2.15. The summed E-state index contributed by atoms with van der Waals surface area (Å²) in [5.74, 6) is 0.610. The lowest BCUT2D eigenvalue weighted by atomic mass is 10.2. The van der Waals surface area contributed by atoms with E-state index < -0.39 is 11.9 Å². The van der Waals surface area contributed by atoms with Gasteiger partial charge in [-0.25, -0.2) is 9.47 Å². The Kier molecular flexibility index (Phi) is 7.09. The number of imide groups is 1. The third-order valence-electron chi connectivity index (χ3n) is 3.67. The van der Waals surface area contributed by atoms with Crippen LogP contribution >= 0.6 is 0 Å². The first-order valence-corrected chi connectivity index (χ1v) is 9.08. The summed E-state index contributed by atoms with van der Waals surface area (Å²) in [4.78, 5) is 23.8. The average Bonchev–Trinajstić information content (AvgIpc) is 3.27. The minimum atomic E-state index is -0.645. The number of rotatable bonds is 8. The van der Waals surface area contributed by atoms with E-state index in [4.69, 9.17) is 9.47 Å². The highest BCUT2D eigenvalue weighted by molar-refractivity contribution is 6.01. The number of nitrogens with one attached hydrogen (secondary N) is 2. The Balaban J connectivity index is 1.42. The van der Waals surface area contributed by atoms with E-state index in [-0.39, 0.29) is 6.61 Å². The number of aromatic nitrogens is 3. The molecule has 1 aromatic heterocycles. The van der Waals surface area contributed by atoms with Crippen LogP contribution in [0.4, 0.5) is 10.5 Å². The Morgan fingerprint density at radius 3 is 2.30 bits per heavy atom. The zero-order valence-corrected chi connectivity index (χ0v) is 16.2. The standard InChI is InChI=1S/C20H20N6O4/c1-2-29-17-9-5-16(6-10-17)24-20(28)25-19(27)12-30-18-7-3-15(4-8-18)11-23-26-13-21-22-14-26/h3-11,13-14H,2,12H2,1H3,(H2,24,25,27,28)/b23-11+. The van der Waals surface area contributed by atoms with Crippen LogP contribution in [0.15, 0.2) is 66.3 Å². The van der Waals surface area contributed by atoms with Gasteiger partial charge < -0.3 is 14.8 Å². The molecule has 0 fully saturated rings. The van der Waals surface area contributed by atoms with E-state index in [0.29, 0.717) is 23.8 Å². The van der Waals surface area contributed by atoms with Crippen LogP contribution in [0.3, 0.4) is 0 Å². The first kappa shape index (κ1) is 20.5. The lowest BCUT2D eigenvalue weighted by Gasteiger charge is -2.09. The minimum absolute atomic E-state index is 0.301. The van der Waals surface area contributed by atoms with Gasteiger partial charge in [0.15, 0.2) is 6.61 Å². The monoisotopic (exact) mass is 408 g/mol. The van der Waals surface area contributed by atoms with Crippen molar-refractivity contribution in [3.63, 3.8) is 0 Å². The molecular weight excluding hydrogens is 388 g/mol. The molecule has 0 aliphatic carbocycles. The lowest BCUT2D eigenvalue weighted by molar-refractivity contribution is -0.121. The lowest BCUT2D eigenvalue weighted by Crippen LogP contribution is -2.37. The van der Waals surface area contributed by atoms with Crippen molar-refractivity contribution in [1.29, 1.82) is 0 Å². The third-order valence-corrected chi connectivity index (χ3v) is 3.67. The van der Waals surface area contributed by atoms with Gasteiger partial charge in [-0.15, -0.1) is 10.2 Å². The van der Waals surface area contributed by atoms with Gasteiger partial charge in [-0.1, -0.05) is 0 Å². The second kappa shape index (κ2) is 10.4. The SMILES string of the molecule is CCOc1ccc(NC(=O)NC(=O)COc2ccc(/C=N/n3cnnc3)cc2)cc1. The van der Waals surface area contributed by atoms with Gasteiger partial charge in [0.25, 0.3) is 5.91 Å². The molecule has 0 saturated heterocycles. The summed E-state index contributed by atoms with van der Waals surface area (Å²) in [6, 6.07) is 13.1. The van der Waals surface area contributed by atoms with Gasteiger partial charge in [0, 0.05) is 5.69 Å². The molecule has 0 unspecified atom stereocenters. The summed E-state index contributed by atoms with van der Waals surface area (Å²) in [7, 11) is 0. The summed E-state index contributed by atoms with van der Waals surface area (Å²) in [6.45, 7) is 2.14. The number of hydrogen-bond donors (Lipinski definition) is 2. The molecule has 0 bridgehead atoms. The van der Waals surface area contributed by atoms with Gasteiger partial charge in [0.05, 0.1) is 12.8 Å². The van der Waals surface area contributed by atoms with E-state index in [9.17, 15) is 9.59 Å². The summed E-state index contributed by atoms with van der Waals surface area (Å²) in [5.41, 5.74) is 1.36. The van der Waals surface area contributed by atoms with Crippen LogP contribution in [-0.2, 0) is 4.79 Å². The molecule has 2 aromatic carbocycles. The predicted molar refractivity (Wildman–Crippen MR) is 110 cm³/mol. The number of anilines is 1. The molecule has 0 radical (unpaired) electrons. The molecule has 0 aliphatic heterocycles. The maximum Gasteiger partial charge on any atom is 0.325 e. The molecule has 3 rings (SSSR count). The number of benzene rings is 2. The Labute approximate surface area is 172 Å². The second-order valence-electron chi connectivity index (χ2n) is 5.90. The van der Waals surface area contributed by atoms with E-state index in [1.165, 1.54) is 17.3 Å². The number of carbonyl (C=O) groups is 2. The Hall–Kier alpha value is -4.21. The van der Waals surface area contributed by atoms with E-state index in [1.54, 1.807) is 54.7 Å². The van der Waals surface area contributed by atoms with Crippen molar-refractivity contribution in [2.45, 2.75) is 6.92 Å². The molecule has 1 heterocycles. The van der Waals surface area contributed by atoms with Crippen molar-refractivity contribution in [3.05, 3.63) is 66.7 Å². The van der Waals surface area contributed by atoms with Gasteiger partial charge in [-0.2, -0.15) is 5.10 Å². The fraction of sp³-hybridized carbons (Fsp3) is 0.150. The van der Waals surface area contributed by atoms with Gasteiger partial charge in [-0.3, -0.25) is 10.1 Å². The van der Waals surface area contributed by atoms with Crippen LogP contribution < -0.4 is 20.1 Å². The molecular formula is C20H20N6O4. The summed E-state index contributed by atoms with van der Waals surface area (Å²) >= 11 is 0. The number of urea groups is 1. The van der Waals surface area contributed by atoms with Crippen molar-refractivity contribution in [2.24, 2.45) is 5.10 Å². The van der Waals surface area contributed by atoms with Gasteiger partial charge in [0.2, 0.25) is 0 Å². The normalized spacial score (nSPS) is 10.6. The zero-order chi connectivity index (χ0) is 21.2. The molecule has 0 aliphatic rings. The third kappa shape index (κ3) is 6.44. The van der Waals surface area contributed by atoms with Crippen LogP contribution in [0.25, 0.3) is 0 Å². The number of amides is 3. The van der Waals surface area contributed by atoms with Crippen LogP contribution in [0.1, 0.15) is 12.5 Å². The van der Waals surface area contributed by atoms with Gasteiger partial charge in [-0.05, 0) is 61.0 Å². The maximum absolute atomic E-state index is 11.9. The first-order valence-electron chi connectivity index (χ1n) is 9.08. The molecule has 10 heteroatoms. The quantitative estimate of drug-likeness (QED) is 0.552. The number of ether oxygens (including phenoxy) is 2. The molecule has 30 heavy (non-hydrogen) atoms. The second-order valence-corrected chi connectivity index (χ2v) is 5.90. The van der Waals surface area contributed by atoms with Crippen molar-refractivity contribution in [3.8, 4) is 11.5 Å². The largest absolute Gasteiger partial charge is 0.494 e. The van der Waals surface area contributed by atoms with Crippen LogP contribution in [0, 0.1) is 0 Å². The van der Waals surface area contributed by atoms with E-state index >= 15 is 0 Å². The molecule has 154 valence electrons. The van der Waals surface area contributed by atoms with E-state index in [1.807, 2.05) is 6.92 Å². The average molecular weight is 408 g/mol. The fourth-order valence-electron chi connectivity index (χ4n) is 2.31. The number of carbonyl (C=O) groups excluding carboxylic acids is 2. The van der Waals surface area contributed by atoms with Crippen molar-refractivity contribution in [2.75, 3.05) is 18.5 Å². The van der Waals surface area contributed by atoms with Crippen molar-refractivity contribution < 1.29 is 19.1 Å². The Morgan fingerprint density at radius 1 is 1.00 bits per heavy atom. The molecule has 0 spiro atoms. The Morgan fingerprint density at radius 2 is 1.63 bits per heavy atom. The zero-order valence-electron chi connectivity index (χ0n) is 16.2.